The molecule has 17 heavy (non-hydrogen) atoms. The van der Waals surface area contributed by atoms with E-state index in [1.807, 2.05) is 42.5 Å². The van der Waals surface area contributed by atoms with Crippen molar-refractivity contribution in [2.75, 3.05) is 0 Å². The summed E-state index contributed by atoms with van der Waals surface area (Å²) in [5.41, 5.74) is 0.756. The first-order chi connectivity index (χ1) is 8.19. The molecule has 0 radical (unpaired) electrons. The summed E-state index contributed by atoms with van der Waals surface area (Å²) < 4.78 is 1.07. The number of benzene rings is 2. The lowest BCUT2D eigenvalue weighted by Gasteiger charge is -2.05. The summed E-state index contributed by atoms with van der Waals surface area (Å²) in [4.78, 5) is 2.22. The Balaban J connectivity index is 2.19. The van der Waals surface area contributed by atoms with Crippen molar-refractivity contribution < 1.29 is 5.11 Å². The monoisotopic (exact) mass is 328 g/mol. The van der Waals surface area contributed by atoms with Crippen LogP contribution in [0.1, 0.15) is 5.56 Å². The van der Waals surface area contributed by atoms with Crippen LogP contribution in [-0.4, -0.2) is 5.11 Å². The van der Waals surface area contributed by atoms with Gasteiger partial charge in [-0.1, -0.05) is 45.4 Å². The molecule has 0 aromatic heterocycles. The second-order valence-corrected chi connectivity index (χ2v) is 5.94. The lowest BCUT2D eigenvalue weighted by atomic mass is 10.2. The molecule has 0 spiro atoms. The van der Waals surface area contributed by atoms with Gasteiger partial charge < -0.3 is 5.11 Å². The fourth-order valence-electron chi connectivity index (χ4n) is 1.36. The third-order valence-electron chi connectivity index (χ3n) is 2.24. The molecule has 0 saturated carbocycles. The molecule has 0 fully saturated rings. The zero-order chi connectivity index (χ0) is 12.3. The van der Waals surface area contributed by atoms with Crippen molar-refractivity contribution >= 4 is 39.3 Å². The first-order valence-corrected chi connectivity index (χ1v) is 7.00. The average molecular weight is 330 g/mol. The van der Waals surface area contributed by atoms with Crippen molar-refractivity contribution in [3.05, 3.63) is 57.5 Å². The smallest absolute Gasteiger partial charge is 0.0696 e. The van der Waals surface area contributed by atoms with Crippen molar-refractivity contribution in [3.8, 4) is 0 Å². The molecule has 0 atom stereocenters. The van der Waals surface area contributed by atoms with Crippen LogP contribution in [0.25, 0.3) is 0 Å². The van der Waals surface area contributed by atoms with Gasteiger partial charge in [0.05, 0.1) is 6.61 Å². The molecule has 0 aliphatic carbocycles. The van der Waals surface area contributed by atoms with Gasteiger partial charge >= 0.3 is 0 Å². The Morgan fingerprint density at radius 3 is 2.29 bits per heavy atom. The highest BCUT2D eigenvalue weighted by Gasteiger charge is 2.02. The molecule has 0 aliphatic heterocycles. The fourth-order valence-corrected chi connectivity index (χ4v) is 2.78. The summed E-state index contributed by atoms with van der Waals surface area (Å²) in [7, 11) is 0. The Kier molecular flexibility index (Phi) is 4.51. The van der Waals surface area contributed by atoms with Gasteiger partial charge in [-0.05, 0) is 42.0 Å². The summed E-state index contributed by atoms with van der Waals surface area (Å²) in [5, 5.41) is 9.64. The van der Waals surface area contributed by atoms with E-state index in [4.69, 9.17) is 16.7 Å². The fraction of sp³-hybridized carbons (Fsp3) is 0.0769. The van der Waals surface area contributed by atoms with Crippen molar-refractivity contribution in [2.24, 2.45) is 0 Å². The first-order valence-electron chi connectivity index (χ1n) is 5.02. The van der Waals surface area contributed by atoms with Crippen LogP contribution in [0.2, 0.25) is 5.02 Å². The van der Waals surface area contributed by atoms with Crippen molar-refractivity contribution in [1.82, 2.24) is 0 Å². The number of hydrogen-bond acceptors (Lipinski definition) is 2. The molecule has 0 bridgehead atoms. The van der Waals surface area contributed by atoms with E-state index in [2.05, 4.69) is 15.9 Å². The van der Waals surface area contributed by atoms with Crippen LogP contribution in [0.5, 0.6) is 0 Å². The Morgan fingerprint density at radius 1 is 1.06 bits per heavy atom. The minimum absolute atomic E-state index is 0.0257. The van der Waals surface area contributed by atoms with E-state index in [1.54, 1.807) is 11.8 Å². The minimum Gasteiger partial charge on any atom is -0.392 e. The third kappa shape index (κ3) is 3.49. The largest absolute Gasteiger partial charge is 0.392 e. The van der Waals surface area contributed by atoms with E-state index in [0.29, 0.717) is 5.02 Å². The maximum atomic E-state index is 9.03. The number of rotatable bonds is 3. The van der Waals surface area contributed by atoms with E-state index >= 15 is 0 Å². The zero-order valence-electron chi connectivity index (χ0n) is 8.86. The molecule has 2 aromatic carbocycles. The van der Waals surface area contributed by atoms with Gasteiger partial charge in [-0.2, -0.15) is 0 Å². The number of aliphatic hydroxyl groups is 1. The second-order valence-electron chi connectivity index (χ2n) is 3.47. The van der Waals surface area contributed by atoms with Gasteiger partial charge in [0, 0.05) is 19.3 Å². The van der Waals surface area contributed by atoms with Gasteiger partial charge in [0.15, 0.2) is 0 Å². The van der Waals surface area contributed by atoms with Crippen LogP contribution < -0.4 is 0 Å². The Bertz CT molecular complexity index is 513. The van der Waals surface area contributed by atoms with Gasteiger partial charge in [-0.15, -0.1) is 0 Å². The first kappa shape index (κ1) is 13.0. The molecule has 0 heterocycles. The Labute approximate surface area is 118 Å². The molecule has 0 unspecified atom stereocenters. The molecule has 0 saturated heterocycles. The van der Waals surface area contributed by atoms with Crippen LogP contribution in [0.3, 0.4) is 0 Å². The lowest BCUT2D eigenvalue weighted by molar-refractivity contribution is 0.282. The Hall–Kier alpha value is -0.480. The quantitative estimate of drug-likeness (QED) is 0.877. The van der Waals surface area contributed by atoms with Crippen LogP contribution in [0.15, 0.2) is 56.7 Å². The number of hydrogen-bond donors (Lipinski definition) is 1. The standard InChI is InChI=1S/C13H10BrClOS/c14-10-2-5-11(6-3-10)17-12-4-1-9(8-16)13(15)7-12/h1-7,16H,8H2. The number of aliphatic hydroxyl groups excluding tert-OH is 1. The SMILES string of the molecule is OCc1ccc(Sc2ccc(Br)cc2)cc1Cl. The molecular weight excluding hydrogens is 320 g/mol. The molecule has 2 aromatic rings. The predicted octanol–water partition coefficient (Wildman–Crippen LogP) is 4.75. The van der Waals surface area contributed by atoms with Gasteiger partial charge in [0.1, 0.15) is 0 Å². The molecule has 4 heteroatoms. The molecule has 0 amide bonds. The lowest BCUT2D eigenvalue weighted by Crippen LogP contribution is -1.84. The van der Waals surface area contributed by atoms with E-state index in [1.165, 1.54) is 0 Å². The van der Waals surface area contributed by atoms with Gasteiger partial charge in [0.2, 0.25) is 0 Å². The van der Waals surface area contributed by atoms with E-state index in [9.17, 15) is 0 Å². The molecular formula is C13H10BrClOS. The highest BCUT2D eigenvalue weighted by atomic mass is 79.9. The Morgan fingerprint density at radius 2 is 1.71 bits per heavy atom. The number of halogens is 2. The van der Waals surface area contributed by atoms with Gasteiger partial charge in [0.25, 0.3) is 0 Å². The molecule has 88 valence electrons. The molecule has 2 rings (SSSR count). The summed E-state index contributed by atoms with van der Waals surface area (Å²) >= 11 is 11.1. The summed E-state index contributed by atoms with van der Waals surface area (Å²) in [5.74, 6) is 0. The predicted molar refractivity (Wildman–Crippen MR) is 75.6 cm³/mol. The minimum atomic E-state index is -0.0257. The zero-order valence-corrected chi connectivity index (χ0v) is 12.0. The van der Waals surface area contributed by atoms with Crippen LogP contribution in [-0.2, 0) is 6.61 Å². The van der Waals surface area contributed by atoms with E-state index in [0.717, 1.165) is 19.8 Å². The van der Waals surface area contributed by atoms with Crippen LogP contribution >= 0.6 is 39.3 Å². The second kappa shape index (κ2) is 5.91. The van der Waals surface area contributed by atoms with Crippen molar-refractivity contribution in [3.63, 3.8) is 0 Å². The van der Waals surface area contributed by atoms with Crippen LogP contribution in [0, 0.1) is 0 Å². The molecule has 1 nitrogen and oxygen atoms in total. The average Bonchev–Trinajstić information content (AvgIpc) is 2.32. The maximum Gasteiger partial charge on any atom is 0.0696 e. The third-order valence-corrected chi connectivity index (χ3v) is 4.12. The summed E-state index contributed by atoms with van der Waals surface area (Å²) in [6, 6.07) is 13.8. The van der Waals surface area contributed by atoms with Gasteiger partial charge in [-0.3, -0.25) is 0 Å². The van der Waals surface area contributed by atoms with E-state index in [-0.39, 0.29) is 6.61 Å². The topological polar surface area (TPSA) is 20.2 Å². The molecule has 1 N–H and O–H groups in total. The van der Waals surface area contributed by atoms with Crippen molar-refractivity contribution in [2.45, 2.75) is 16.4 Å². The maximum absolute atomic E-state index is 9.03. The summed E-state index contributed by atoms with van der Waals surface area (Å²) in [6.45, 7) is -0.0257. The summed E-state index contributed by atoms with van der Waals surface area (Å²) in [6.07, 6.45) is 0. The molecule has 0 aliphatic rings. The van der Waals surface area contributed by atoms with E-state index < -0.39 is 0 Å². The van der Waals surface area contributed by atoms with Gasteiger partial charge in [-0.25, -0.2) is 0 Å². The normalized spacial score (nSPS) is 10.5. The highest BCUT2D eigenvalue weighted by Crippen LogP contribution is 2.31. The van der Waals surface area contributed by atoms with Crippen molar-refractivity contribution in [1.29, 1.82) is 0 Å². The highest BCUT2D eigenvalue weighted by molar-refractivity contribution is 9.10. The van der Waals surface area contributed by atoms with Crippen LogP contribution in [0.4, 0.5) is 0 Å².